The zero-order valence-corrected chi connectivity index (χ0v) is 7.67. The van der Waals surface area contributed by atoms with Crippen LogP contribution in [0.1, 0.15) is 12.8 Å². The summed E-state index contributed by atoms with van der Waals surface area (Å²) in [7, 11) is 0. The summed E-state index contributed by atoms with van der Waals surface area (Å²) in [5, 5.41) is 3.15. The van der Waals surface area contributed by atoms with Crippen LogP contribution in [0, 0.1) is 0 Å². The maximum atomic E-state index is 10.1. The number of rotatable bonds is 2. The monoisotopic (exact) mass is 199 g/mol. The molecule has 0 aromatic heterocycles. The second-order valence-electron chi connectivity index (χ2n) is 2.38. The molecule has 4 nitrogen and oxygen atoms in total. The molecule has 0 amide bonds. The van der Waals surface area contributed by atoms with Gasteiger partial charge in [0, 0.05) is 17.3 Å². The Morgan fingerprint density at radius 3 is 2.45 bits per heavy atom. The van der Waals surface area contributed by atoms with Crippen LogP contribution in [0.5, 0.6) is 0 Å². The summed E-state index contributed by atoms with van der Waals surface area (Å²) in [6.45, 7) is 1.82. The molecule has 1 unspecified atom stereocenters. The van der Waals surface area contributed by atoms with Crippen LogP contribution in [0.2, 0.25) is 0 Å². The first-order chi connectivity index (χ1) is 4.79. The van der Waals surface area contributed by atoms with Crippen molar-refractivity contribution >= 4 is 23.7 Å². The minimum atomic E-state index is -2.09. The summed E-state index contributed by atoms with van der Waals surface area (Å²) in [6, 6.07) is 0.152. The molecule has 0 spiro atoms. The van der Waals surface area contributed by atoms with E-state index in [4.69, 9.17) is 0 Å². The van der Waals surface area contributed by atoms with Crippen LogP contribution in [-0.2, 0) is 11.3 Å². The molecule has 1 rings (SSSR count). The number of halogens is 1. The maximum absolute atomic E-state index is 10.1. The van der Waals surface area contributed by atoms with Gasteiger partial charge in [-0.1, -0.05) is 0 Å². The highest BCUT2D eigenvalue weighted by Gasteiger charge is 2.11. The Hall–Kier alpha value is 0.320. The molecular weight excluding hydrogens is 188 g/mol. The van der Waals surface area contributed by atoms with Crippen molar-refractivity contribution in [3.05, 3.63) is 0 Å². The van der Waals surface area contributed by atoms with Gasteiger partial charge < -0.3 is 9.87 Å². The van der Waals surface area contributed by atoms with E-state index >= 15 is 0 Å². The SMILES string of the molecule is Cl.O=S([O-])NC1CCNCC1. The van der Waals surface area contributed by atoms with Crippen molar-refractivity contribution < 1.29 is 8.76 Å². The number of hydrogen-bond donors (Lipinski definition) is 2. The molecule has 1 fully saturated rings. The van der Waals surface area contributed by atoms with Gasteiger partial charge in [-0.3, -0.25) is 4.21 Å². The van der Waals surface area contributed by atoms with E-state index in [1.165, 1.54) is 0 Å². The van der Waals surface area contributed by atoms with Crippen LogP contribution in [-0.4, -0.2) is 27.9 Å². The highest BCUT2D eigenvalue weighted by Crippen LogP contribution is 2.01. The summed E-state index contributed by atoms with van der Waals surface area (Å²) in [5.74, 6) is 0. The summed E-state index contributed by atoms with van der Waals surface area (Å²) in [6.07, 6.45) is 1.79. The predicted molar refractivity (Wildman–Crippen MR) is 45.2 cm³/mol. The Labute approximate surface area is 75.0 Å². The molecule has 0 aromatic rings. The maximum Gasteiger partial charge on any atom is 0.0208 e. The van der Waals surface area contributed by atoms with Gasteiger partial charge in [0.1, 0.15) is 0 Å². The highest BCUT2D eigenvalue weighted by atomic mass is 35.5. The fourth-order valence-corrected chi connectivity index (χ4v) is 1.58. The van der Waals surface area contributed by atoms with Crippen LogP contribution in [0.25, 0.3) is 0 Å². The van der Waals surface area contributed by atoms with Crippen LogP contribution < -0.4 is 10.0 Å². The minimum absolute atomic E-state index is 0. The van der Waals surface area contributed by atoms with Gasteiger partial charge in [0.2, 0.25) is 0 Å². The van der Waals surface area contributed by atoms with Gasteiger partial charge in [0.05, 0.1) is 0 Å². The molecule has 1 heterocycles. The van der Waals surface area contributed by atoms with E-state index in [0.717, 1.165) is 25.9 Å². The van der Waals surface area contributed by atoms with Gasteiger partial charge in [-0.2, -0.15) is 0 Å². The van der Waals surface area contributed by atoms with Gasteiger partial charge >= 0.3 is 0 Å². The van der Waals surface area contributed by atoms with Crippen LogP contribution >= 0.6 is 12.4 Å². The Morgan fingerprint density at radius 1 is 1.45 bits per heavy atom. The van der Waals surface area contributed by atoms with Gasteiger partial charge in [0.25, 0.3) is 0 Å². The van der Waals surface area contributed by atoms with Crippen molar-refractivity contribution in [2.75, 3.05) is 13.1 Å². The first kappa shape index (κ1) is 11.3. The van der Waals surface area contributed by atoms with Crippen molar-refractivity contribution in [2.24, 2.45) is 0 Å². The molecule has 68 valence electrons. The third-order valence-electron chi connectivity index (χ3n) is 1.60. The number of hydrogen-bond acceptors (Lipinski definition) is 3. The second-order valence-corrected chi connectivity index (χ2v) is 3.08. The van der Waals surface area contributed by atoms with E-state index in [2.05, 4.69) is 10.0 Å². The second kappa shape index (κ2) is 5.91. The quantitative estimate of drug-likeness (QED) is 0.592. The lowest BCUT2D eigenvalue weighted by Gasteiger charge is -2.24. The molecule has 11 heavy (non-hydrogen) atoms. The molecule has 1 aliphatic heterocycles. The molecule has 1 saturated heterocycles. The fraction of sp³-hybridized carbons (Fsp3) is 1.00. The lowest BCUT2D eigenvalue weighted by molar-refractivity contribution is 0.418. The third kappa shape index (κ3) is 4.71. The molecule has 1 atom stereocenters. The van der Waals surface area contributed by atoms with Crippen molar-refractivity contribution in [1.82, 2.24) is 10.0 Å². The van der Waals surface area contributed by atoms with E-state index in [1.807, 2.05) is 0 Å². The molecule has 0 saturated carbocycles. The molecule has 2 N–H and O–H groups in total. The average molecular weight is 200 g/mol. The lowest BCUT2D eigenvalue weighted by Crippen LogP contribution is -2.40. The van der Waals surface area contributed by atoms with E-state index in [-0.39, 0.29) is 18.4 Å². The van der Waals surface area contributed by atoms with Crippen LogP contribution in [0.4, 0.5) is 0 Å². The summed E-state index contributed by atoms with van der Waals surface area (Å²) < 4.78 is 22.7. The average Bonchev–Trinajstić information content (AvgIpc) is 1.88. The van der Waals surface area contributed by atoms with E-state index in [9.17, 15) is 8.76 Å². The topological polar surface area (TPSA) is 64.2 Å². The van der Waals surface area contributed by atoms with E-state index in [1.54, 1.807) is 0 Å². The summed E-state index contributed by atoms with van der Waals surface area (Å²) in [4.78, 5) is 0. The molecular formula is C5H12ClN2O2S-. The summed E-state index contributed by atoms with van der Waals surface area (Å²) >= 11 is -2.09. The molecule has 0 radical (unpaired) electrons. The predicted octanol–water partition coefficient (Wildman–Crippen LogP) is -0.456. The van der Waals surface area contributed by atoms with Crippen molar-refractivity contribution in [3.63, 3.8) is 0 Å². The largest absolute Gasteiger partial charge is 0.760 e. The zero-order chi connectivity index (χ0) is 7.40. The smallest absolute Gasteiger partial charge is 0.0208 e. The molecule has 1 aliphatic rings. The Balaban J connectivity index is 0.000001000. The minimum Gasteiger partial charge on any atom is -0.760 e. The Morgan fingerprint density at radius 2 is 2.00 bits per heavy atom. The standard InChI is InChI=1S/C5H12N2O2S.ClH/c8-10(9)7-5-1-3-6-4-2-5;/h5-7H,1-4H2,(H,8,9);1H/p-1. The zero-order valence-electron chi connectivity index (χ0n) is 6.04. The number of nitrogens with one attached hydrogen (secondary N) is 2. The van der Waals surface area contributed by atoms with E-state index < -0.39 is 11.3 Å². The van der Waals surface area contributed by atoms with Gasteiger partial charge in [-0.25, -0.2) is 4.72 Å². The van der Waals surface area contributed by atoms with Crippen molar-refractivity contribution in [2.45, 2.75) is 18.9 Å². The highest BCUT2D eigenvalue weighted by molar-refractivity contribution is 7.77. The van der Waals surface area contributed by atoms with Crippen LogP contribution in [0.15, 0.2) is 0 Å². The Kier molecular flexibility index (Phi) is 6.08. The van der Waals surface area contributed by atoms with Gasteiger partial charge in [-0.05, 0) is 25.9 Å². The first-order valence-corrected chi connectivity index (χ1v) is 4.42. The Bertz CT molecular complexity index is 130. The number of piperidine rings is 1. The van der Waals surface area contributed by atoms with Crippen molar-refractivity contribution in [3.8, 4) is 0 Å². The van der Waals surface area contributed by atoms with Gasteiger partial charge in [0.15, 0.2) is 0 Å². The fourth-order valence-electron chi connectivity index (χ4n) is 1.08. The molecule has 0 bridgehead atoms. The van der Waals surface area contributed by atoms with Crippen molar-refractivity contribution in [1.29, 1.82) is 0 Å². The van der Waals surface area contributed by atoms with E-state index in [0.29, 0.717) is 0 Å². The third-order valence-corrected chi connectivity index (χ3v) is 2.13. The summed E-state index contributed by atoms with van der Waals surface area (Å²) in [5.41, 5.74) is 0. The van der Waals surface area contributed by atoms with Crippen LogP contribution in [0.3, 0.4) is 0 Å². The normalized spacial score (nSPS) is 22.3. The first-order valence-electron chi connectivity index (χ1n) is 3.35. The molecule has 6 heteroatoms. The lowest BCUT2D eigenvalue weighted by atomic mass is 10.1. The molecule has 0 aliphatic carbocycles. The molecule has 0 aromatic carbocycles. The van der Waals surface area contributed by atoms with Gasteiger partial charge in [-0.15, -0.1) is 12.4 Å².